The van der Waals surface area contributed by atoms with Gasteiger partial charge < -0.3 is 10.8 Å². The Hall–Kier alpha value is -2.11. The number of hydrogen-bond donors (Lipinski definition) is 2. The van der Waals surface area contributed by atoms with Gasteiger partial charge >= 0.3 is 5.97 Å². The third-order valence-corrected chi connectivity index (χ3v) is 2.80. The minimum Gasteiger partial charge on any atom is -0.481 e. The number of nitrogens with zero attached hydrogens (tertiary/aromatic N) is 1. The van der Waals surface area contributed by atoms with E-state index in [1.54, 1.807) is 0 Å². The van der Waals surface area contributed by atoms with Crippen molar-refractivity contribution >= 4 is 17.3 Å². The molecule has 0 radical (unpaired) electrons. The van der Waals surface area contributed by atoms with Crippen LogP contribution in [-0.2, 0) is 4.79 Å². The maximum absolute atomic E-state index is 11.4. The standard InChI is InChI=1S/C13H18N2O4/c1-13(2,3)7-9(12(16)17)8-5-4-6-10(11(8)14)15(18)19/h4-6,9H,7,14H2,1-3H3,(H,16,17). The first kappa shape index (κ1) is 14.9. The molecule has 19 heavy (non-hydrogen) atoms. The molecule has 0 heterocycles. The molecule has 6 heteroatoms. The molecule has 0 saturated heterocycles. The number of nitro benzene ring substituents is 1. The third-order valence-electron chi connectivity index (χ3n) is 2.80. The first-order valence-corrected chi connectivity index (χ1v) is 5.89. The van der Waals surface area contributed by atoms with Gasteiger partial charge in [-0.25, -0.2) is 0 Å². The predicted octanol–water partition coefficient (Wildman–Crippen LogP) is 2.78. The number of benzene rings is 1. The van der Waals surface area contributed by atoms with Crippen molar-refractivity contribution in [3.8, 4) is 0 Å². The topological polar surface area (TPSA) is 106 Å². The lowest BCUT2D eigenvalue weighted by molar-refractivity contribution is -0.383. The summed E-state index contributed by atoms with van der Waals surface area (Å²) in [5, 5.41) is 20.1. The van der Waals surface area contributed by atoms with E-state index in [1.165, 1.54) is 18.2 Å². The number of nitrogens with two attached hydrogens (primary N) is 1. The zero-order chi connectivity index (χ0) is 14.8. The summed E-state index contributed by atoms with van der Waals surface area (Å²) >= 11 is 0. The summed E-state index contributed by atoms with van der Waals surface area (Å²) in [4.78, 5) is 21.6. The van der Waals surface area contributed by atoms with Gasteiger partial charge in [-0.15, -0.1) is 0 Å². The Balaban J connectivity index is 3.28. The van der Waals surface area contributed by atoms with Gasteiger partial charge in [0.15, 0.2) is 0 Å². The monoisotopic (exact) mass is 266 g/mol. The van der Waals surface area contributed by atoms with E-state index in [0.717, 1.165) is 0 Å². The van der Waals surface area contributed by atoms with Crippen LogP contribution in [0.3, 0.4) is 0 Å². The molecule has 1 unspecified atom stereocenters. The molecule has 0 aliphatic carbocycles. The van der Waals surface area contributed by atoms with Crippen molar-refractivity contribution in [3.05, 3.63) is 33.9 Å². The fraction of sp³-hybridized carbons (Fsp3) is 0.462. The predicted molar refractivity (Wildman–Crippen MR) is 72.0 cm³/mol. The fourth-order valence-electron chi connectivity index (χ4n) is 1.98. The number of carboxylic acids is 1. The molecule has 0 aromatic heterocycles. The van der Waals surface area contributed by atoms with E-state index >= 15 is 0 Å². The van der Waals surface area contributed by atoms with Crippen molar-refractivity contribution in [2.24, 2.45) is 5.41 Å². The van der Waals surface area contributed by atoms with Gasteiger partial charge in [-0.2, -0.15) is 0 Å². The molecule has 6 nitrogen and oxygen atoms in total. The summed E-state index contributed by atoms with van der Waals surface area (Å²) in [5.74, 6) is -1.87. The number of para-hydroxylation sites is 1. The molecule has 0 saturated carbocycles. The van der Waals surface area contributed by atoms with Gasteiger partial charge in [-0.3, -0.25) is 14.9 Å². The van der Waals surface area contributed by atoms with E-state index in [-0.39, 0.29) is 16.8 Å². The minimum atomic E-state index is -1.03. The molecular formula is C13H18N2O4. The summed E-state index contributed by atoms with van der Waals surface area (Å²) in [5.41, 5.74) is 5.50. The van der Waals surface area contributed by atoms with Crippen LogP contribution in [0.4, 0.5) is 11.4 Å². The van der Waals surface area contributed by atoms with Gasteiger partial charge in [0.05, 0.1) is 10.8 Å². The van der Waals surface area contributed by atoms with Crippen molar-refractivity contribution < 1.29 is 14.8 Å². The normalized spacial score (nSPS) is 13.0. The Morgan fingerprint density at radius 3 is 2.47 bits per heavy atom. The number of carboxylic acid groups (broad SMARTS) is 1. The number of nitro groups is 1. The highest BCUT2D eigenvalue weighted by atomic mass is 16.6. The quantitative estimate of drug-likeness (QED) is 0.495. The van der Waals surface area contributed by atoms with Gasteiger partial charge in [0, 0.05) is 6.07 Å². The van der Waals surface area contributed by atoms with Crippen LogP contribution >= 0.6 is 0 Å². The fourth-order valence-corrected chi connectivity index (χ4v) is 1.98. The van der Waals surface area contributed by atoms with Crippen molar-refractivity contribution in [2.45, 2.75) is 33.1 Å². The molecule has 1 atom stereocenters. The second-order valence-electron chi connectivity index (χ2n) is 5.69. The lowest BCUT2D eigenvalue weighted by Gasteiger charge is -2.24. The molecule has 0 spiro atoms. The molecule has 1 aromatic carbocycles. The van der Waals surface area contributed by atoms with Crippen LogP contribution in [0.5, 0.6) is 0 Å². The summed E-state index contributed by atoms with van der Waals surface area (Å²) in [6, 6.07) is 4.27. The Morgan fingerprint density at radius 1 is 1.47 bits per heavy atom. The van der Waals surface area contributed by atoms with Crippen molar-refractivity contribution in [3.63, 3.8) is 0 Å². The van der Waals surface area contributed by atoms with Gasteiger partial charge in [0.1, 0.15) is 5.69 Å². The summed E-state index contributed by atoms with van der Waals surface area (Å²) < 4.78 is 0. The first-order chi connectivity index (χ1) is 8.63. The molecule has 1 aromatic rings. The molecule has 0 bridgehead atoms. The van der Waals surface area contributed by atoms with Crippen LogP contribution in [0.1, 0.15) is 38.7 Å². The molecule has 0 aliphatic rings. The first-order valence-electron chi connectivity index (χ1n) is 5.89. The van der Waals surface area contributed by atoms with Gasteiger partial charge in [0.2, 0.25) is 0 Å². The van der Waals surface area contributed by atoms with Crippen molar-refractivity contribution in [1.82, 2.24) is 0 Å². The van der Waals surface area contributed by atoms with Crippen LogP contribution in [-0.4, -0.2) is 16.0 Å². The maximum Gasteiger partial charge on any atom is 0.311 e. The number of hydrogen-bond acceptors (Lipinski definition) is 4. The van der Waals surface area contributed by atoms with Crippen LogP contribution < -0.4 is 5.73 Å². The SMILES string of the molecule is CC(C)(C)CC(C(=O)O)c1cccc([N+](=O)[O-])c1N. The maximum atomic E-state index is 11.4. The Morgan fingerprint density at radius 2 is 2.05 bits per heavy atom. The van der Waals surface area contributed by atoms with E-state index < -0.39 is 16.8 Å². The smallest absolute Gasteiger partial charge is 0.311 e. The average molecular weight is 266 g/mol. The number of carbonyl (C=O) groups is 1. The van der Waals surface area contributed by atoms with Gasteiger partial charge in [0.25, 0.3) is 5.69 Å². The Labute approximate surface area is 111 Å². The molecule has 1 rings (SSSR count). The molecular weight excluding hydrogens is 248 g/mol. The van der Waals surface area contributed by atoms with Gasteiger partial charge in [-0.1, -0.05) is 32.9 Å². The van der Waals surface area contributed by atoms with Crippen LogP contribution in [0.2, 0.25) is 0 Å². The number of anilines is 1. The van der Waals surface area contributed by atoms with Crippen molar-refractivity contribution in [1.29, 1.82) is 0 Å². The lowest BCUT2D eigenvalue weighted by Crippen LogP contribution is -2.20. The number of aliphatic carboxylic acids is 1. The second-order valence-corrected chi connectivity index (χ2v) is 5.69. The summed E-state index contributed by atoms with van der Waals surface area (Å²) in [6.45, 7) is 5.74. The second kappa shape index (κ2) is 5.26. The number of rotatable bonds is 4. The van der Waals surface area contributed by atoms with Crippen LogP contribution in [0.25, 0.3) is 0 Å². The summed E-state index contributed by atoms with van der Waals surface area (Å²) in [7, 11) is 0. The molecule has 0 aliphatic heterocycles. The van der Waals surface area contributed by atoms with E-state index in [0.29, 0.717) is 12.0 Å². The van der Waals surface area contributed by atoms with Gasteiger partial charge in [-0.05, 0) is 17.4 Å². The average Bonchev–Trinajstić information content (AvgIpc) is 2.24. The highest BCUT2D eigenvalue weighted by Crippen LogP contribution is 2.37. The van der Waals surface area contributed by atoms with Crippen LogP contribution in [0, 0.1) is 15.5 Å². The van der Waals surface area contributed by atoms with E-state index in [1.807, 2.05) is 20.8 Å². The Kier molecular flexibility index (Phi) is 4.14. The zero-order valence-corrected chi connectivity index (χ0v) is 11.2. The third kappa shape index (κ3) is 3.67. The molecule has 104 valence electrons. The molecule has 0 fully saturated rings. The Bertz CT molecular complexity index is 506. The lowest BCUT2D eigenvalue weighted by atomic mass is 9.81. The molecule has 3 N–H and O–H groups in total. The highest BCUT2D eigenvalue weighted by Gasteiger charge is 2.30. The van der Waals surface area contributed by atoms with E-state index in [4.69, 9.17) is 5.73 Å². The minimum absolute atomic E-state index is 0.0656. The number of nitrogen functional groups attached to an aromatic ring is 1. The zero-order valence-electron chi connectivity index (χ0n) is 11.2. The molecule has 0 amide bonds. The van der Waals surface area contributed by atoms with E-state index in [2.05, 4.69) is 0 Å². The van der Waals surface area contributed by atoms with Crippen molar-refractivity contribution in [2.75, 3.05) is 5.73 Å². The largest absolute Gasteiger partial charge is 0.481 e. The van der Waals surface area contributed by atoms with Crippen LogP contribution in [0.15, 0.2) is 18.2 Å². The summed E-state index contributed by atoms with van der Waals surface area (Å²) in [6.07, 6.45) is 0.355. The highest BCUT2D eigenvalue weighted by molar-refractivity contribution is 5.80. The van der Waals surface area contributed by atoms with E-state index in [9.17, 15) is 20.0 Å².